The Labute approximate surface area is 566 Å². The fourth-order valence-electron chi connectivity index (χ4n) is 11.7. The molecule has 2 aliphatic rings. The second kappa shape index (κ2) is 54.3. The number of ether oxygens (including phenoxy) is 5. The van der Waals surface area contributed by atoms with Gasteiger partial charge in [-0.1, -0.05) is 201 Å². The van der Waals surface area contributed by atoms with E-state index in [1.54, 1.807) is 0 Å². The van der Waals surface area contributed by atoms with Crippen LogP contribution in [0.15, 0.2) is 0 Å². The number of nitrogens with one attached hydrogen (secondary N) is 7. The average molecular weight is 1360 g/mol. The predicted octanol–water partition coefficient (Wildman–Crippen LogP) is 5.24. The lowest BCUT2D eigenvalue weighted by Crippen LogP contribution is -2.65. The summed E-state index contributed by atoms with van der Waals surface area (Å²) in [5.74, 6) is -4.74. The molecule has 0 saturated carbocycles. The zero-order chi connectivity index (χ0) is 70.0. The van der Waals surface area contributed by atoms with Crippen molar-refractivity contribution < 1.29 is 92.7 Å². The van der Waals surface area contributed by atoms with Gasteiger partial charge in [-0.25, -0.2) is 0 Å². The van der Waals surface area contributed by atoms with E-state index < -0.39 is 153 Å². The van der Waals surface area contributed by atoms with Crippen molar-refractivity contribution in [2.75, 3.05) is 46.1 Å². The van der Waals surface area contributed by atoms with Crippen LogP contribution in [-0.4, -0.2) is 203 Å². The number of aliphatic hydroxyl groups is 6. The first-order valence-electron chi connectivity index (χ1n) is 36.4. The fourth-order valence-corrected chi connectivity index (χ4v) is 11.7. The summed E-state index contributed by atoms with van der Waals surface area (Å²) in [6.07, 6.45) is 20.9. The molecule has 2 saturated heterocycles. The van der Waals surface area contributed by atoms with Crippen LogP contribution in [0.3, 0.4) is 0 Å². The number of unbranched alkanes of at least 4 members (excludes halogenated alkanes) is 28. The van der Waals surface area contributed by atoms with E-state index in [0.29, 0.717) is 19.3 Å². The first-order valence-corrected chi connectivity index (χ1v) is 36.4. The highest BCUT2D eigenvalue weighted by Gasteiger charge is 2.47. The minimum atomic E-state index is -1.74. The Hall–Kier alpha value is -4.64. The molecular formula is C69H127N7O19. The molecule has 2 fully saturated rings. The third-order valence-electron chi connectivity index (χ3n) is 17.4. The van der Waals surface area contributed by atoms with E-state index in [1.165, 1.54) is 103 Å². The van der Waals surface area contributed by atoms with Gasteiger partial charge >= 0.3 is 5.97 Å². The summed E-state index contributed by atoms with van der Waals surface area (Å²) in [6.45, 7) is 5.87. The molecule has 26 nitrogen and oxygen atoms in total. The van der Waals surface area contributed by atoms with Crippen LogP contribution in [0.5, 0.6) is 0 Å². The van der Waals surface area contributed by atoms with E-state index in [1.807, 2.05) is 0 Å². The van der Waals surface area contributed by atoms with Crippen LogP contribution in [0.2, 0.25) is 0 Å². The maximum absolute atomic E-state index is 14.0. The molecule has 2 aliphatic heterocycles. The minimum Gasteiger partial charge on any atom is -0.462 e. The molecule has 26 heteroatoms. The Morgan fingerprint density at radius 2 is 0.800 bits per heavy atom. The van der Waals surface area contributed by atoms with E-state index in [-0.39, 0.29) is 45.3 Å². The zero-order valence-corrected chi connectivity index (χ0v) is 58.4. The Morgan fingerprint density at radius 1 is 0.411 bits per heavy atom. The Morgan fingerprint density at radius 3 is 1.23 bits per heavy atom. The van der Waals surface area contributed by atoms with Crippen molar-refractivity contribution in [3.8, 4) is 0 Å². The van der Waals surface area contributed by atoms with Crippen molar-refractivity contribution >= 4 is 47.3 Å². The highest BCUT2D eigenvalue weighted by molar-refractivity contribution is 5.88. The number of esters is 1. The van der Waals surface area contributed by atoms with Crippen LogP contribution in [0.25, 0.3) is 0 Å². The van der Waals surface area contributed by atoms with Crippen molar-refractivity contribution in [3.63, 3.8) is 0 Å². The molecule has 95 heavy (non-hydrogen) atoms. The summed E-state index contributed by atoms with van der Waals surface area (Å²) in [7, 11) is 0. The van der Waals surface area contributed by atoms with Gasteiger partial charge in [0.05, 0.1) is 32.8 Å². The van der Waals surface area contributed by atoms with Gasteiger partial charge in [0.2, 0.25) is 41.4 Å². The standard InChI is InChI=1S/C69H127N7O19/c1-6-9-12-15-18-21-23-26-29-32-35-38-57(82)75-53(67(90)71-41-40-56(81)70-42-43-72-66(89)52(73-49(4)79)47-91-68-60(74-50(5)80)64(87)62(85)54(45-77)94-68)48-92-69-61(65(88)63(86)55(46-78)95-69)76-58(83)44-51(37-34-31-28-25-20-17-14-11-8-3)93-59(84)39-36-33-30-27-24-22-19-16-13-10-7-2/h51-55,60-65,68-69,77-78,85-88H,6-48H2,1-5H3,(H,70,81)(H,71,90)(H,72,89)(H,73,79)(H,74,80)(H,75,82)(H,76,83)/t51-,52-,53+,54-,55-,60-,61-,62+,63-,64-,65-,68+,69-/m1/s1. The number of amides is 7. The van der Waals surface area contributed by atoms with Gasteiger partial charge < -0.3 is 91.5 Å². The predicted molar refractivity (Wildman–Crippen MR) is 359 cm³/mol. The molecule has 0 aliphatic carbocycles. The number of hydrogen-bond acceptors (Lipinski definition) is 19. The summed E-state index contributed by atoms with van der Waals surface area (Å²) in [5, 5.41) is 81.4. The largest absolute Gasteiger partial charge is 0.462 e. The van der Waals surface area contributed by atoms with Crippen LogP contribution in [0.4, 0.5) is 0 Å². The van der Waals surface area contributed by atoms with Gasteiger partial charge in [-0.15, -0.1) is 0 Å². The molecule has 0 unspecified atom stereocenters. The van der Waals surface area contributed by atoms with Gasteiger partial charge in [-0.2, -0.15) is 0 Å². The number of rotatable bonds is 57. The monoisotopic (exact) mass is 1360 g/mol. The van der Waals surface area contributed by atoms with Crippen LogP contribution in [-0.2, 0) is 62.0 Å². The number of carbonyl (C=O) groups excluding carboxylic acids is 8. The van der Waals surface area contributed by atoms with Crippen LogP contribution >= 0.6 is 0 Å². The number of carbonyl (C=O) groups is 8. The van der Waals surface area contributed by atoms with Crippen molar-refractivity contribution in [2.45, 2.75) is 345 Å². The topological polar surface area (TPSA) is 388 Å². The van der Waals surface area contributed by atoms with Gasteiger partial charge in [0.1, 0.15) is 66.9 Å². The van der Waals surface area contributed by atoms with Crippen LogP contribution < -0.4 is 37.2 Å². The Kier molecular flexibility index (Phi) is 49.4. The third-order valence-corrected chi connectivity index (χ3v) is 17.4. The van der Waals surface area contributed by atoms with Crippen molar-refractivity contribution in [2.24, 2.45) is 0 Å². The van der Waals surface area contributed by atoms with E-state index in [0.717, 1.165) is 97.3 Å². The molecule has 0 aromatic carbocycles. The number of aliphatic hydroxyl groups excluding tert-OH is 6. The smallest absolute Gasteiger partial charge is 0.306 e. The molecule has 0 radical (unpaired) electrons. The summed E-state index contributed by atoms with van der Waals surface area (Å²) in [5.41, 5.74) is 0. The fraction of sp³-hybridized carbons (Fsp3) is 0.884. The van der Waals surface area contributed by atoms with Crippen LogP contribution in [0.1, 0.15) is 266 Å². The van der Waals surface area contributed by atoms with Gasteiger partial charge in [-0.3, -0.25) is 38.4 Å². The molecule has 0 bridgehead atoms. The second-order valence-electron chi connectivity index (χ2n) is 26.0. The second-order valence-corrected chi connectivity index (χ2v) is 26.0. The highest BCUT2D eigenvalue weighted by Crippen LogP contribution is 2.26. The van der Waals surface area contributed by atoms with Crippen molar-refractivity contribution in [1.82, 2.24) is 37.2 Å². The molecule has 13 N–H and O–H groups in total. The van der Waals surface area contributed by atoms with Gasteiger partial charge in [0, 0.05) is 52.7 Å². The summed E-state index contributed by atoms with van der Waals surface area (Å²) in [6, 6.07) is -5.50. The van der Waals surface area contributed by atoms with Gasteiger partial charge in [0.25, 0.3) is 0 Å². The molecule has 13 atom stereocenters. The molecular weight excluding hydrogens is 1230 g/mol. The molecule has 0 aromatic heterocycles. The van der Waals surface area contributed by atoms with Crippen molar-refractivity contribution in [1.29, 1.82) is 0 Å². The van der Waals surface area contributed by atoms with E-state index >= 15 is 0 Å². The molecule has 552 valence electrons. The average Bonchev–Trinajstić information content (AvgIpc) is 0.832. The zero-order valence-electron chi connectivity index (χ0n) is 58.4. The lowest BCUT2D eigenvalue weighted by Gasteiger charge is -2.42. The molecule has 0 spiro atoms. The maximum Gasteiger partial charge on any atom is 0.306 e. The normalized spacial score (nSPS) is 22.0. The first-order chi connectivity index (χ1) is 45.8. The number of hydrogen-bond donors (Lipinski definition) is 13. The van der Waals surface area contributed by atoms with E-state index in [4.69, 9.17) is 23.7 Å². The lowest BCUT2D eigenvalue weighted by molar-refractivity contribution is -0.271. The van der Waals surface area contributed by atoms with E-state index in [2.05, 4.69) is 58.0 Å². The van der Waals surface area contributed by atoms with Gasteiger partial charge in [0.15, 0.2) is 12.6 Å². The summed E-state index contributed by atoms with van der Waals surface area (Å²) < 4.78 is 29.2. The molecule has 2 heterocycles. The van der Waals surface area contributed by atoms with Crippen molar-refractivity contribution in [3.05, 3.63) is 0 Å². The highest BCUT2D eigenvalue weighted by atomic mass is 16.7. The SMILES string of the molecule is CCCCCCCCCCCCCC(=O)N[C@@H](CO[C@@H]1O[C@H](CO)[C@@H](O)[C@H](O)[C@H]1NC(=O)C[C@@H](CCCCCCCCCCC)OC(=O)CCCCCCCCCCCCC)C(=O)NCCC(=O)NCCNC(=O)[C@@H](CO[C@H]1O[C@H](CO)[C@H](O)[C@H](O)[C@H]1NC(C)=O)NC(C)=O. The molecule has 0 aromatic rings. The van der Waals surface area contributed by atoms with E-state index in [9.17, 15) is 69.0 Å². The lowest BCUT2D eigenvalue weighted by atomic mass is 9.96. The van der Waals surface area contributed by atoms with Gasteiger partial charge in [-0.05, 0) is 25.7 Å². The third kappa shape index (κ3) is 39.5. The maximum atomic E-state index is 14.0. The first kappa shape index (κ1) is 86.4. The molecule has 2 rings (SSSR count). The minimum absolute atomic E-state index is 0.0900. The molecule has 7 amide bonds. The van der Waals surface area contributed by atoms with Crippen LogP contribution in [0, 0.1) is 0 Å². The Bertz CT molecular complexity index is 2100. The quantitative estimate of drug-likeness (QED) is 0.0273. The summed E-state index contributed by atoms with van der Waals surface area (Å²) in [4.78, 5) is 105. The summed E-state index contributed by atoms with van der Waals surface area (Å²) >= 11 is 0. The Balaban J connectivity index is 2.15.